The Balaban J connectivity index is 2.30. The van der Waals surface area contributed by atoms with E-state index >= 15 is 0 Å². The number of carbonyl (C=O) groups is 1. The van der Waals surface area contributed by atoms with E-state index in [9.17, 15) is 4.79 Å². The summed E-state index contributed by atoms with van der Waals surface area (Å²) in [5, 5.41) is 6.88. The molecule has 0 radical (unpaired) electrons. The molecule has 1 heterocycles. The van der Waals surface area contributed by atoms with Gasteiger partial charge in [-0.1, -0.05) is 18.2 Å². The standard InChI is InChI=1S/C8H10ClN3O/c1-7(9)5-10-8(13)6-12-4-2-3-11-12/h2-4H,1,5-6H2,(H,10,13). The molecule has 1 aromatic heterocycles. The number of amides is 1. The molecule has 0 saturated heterocycles. The molecule has 1 amide bonds. The molecular weight excluding hydrogens is 190 g/mol. The Morgan fingerprint density at radius 1 is 1.69 bits per heavy atom. The maximum atomic E-state index is 11.1. The van der Waals surface area contributed by atoms with Crippen molar-refractivity contribution in [1.29, 1.82) is 0 Å². The monoisotopic (exact) mass is 199 g/mol. The van der Waals surface area contributed by atoms with Crippen molar-refractivity contribution in [2.24, 2.45) is 0 Å². The summed E-state index contributed by atoms with van der Waals surface area (Å²) in [6.45, 7) is 3.95. The summed E-state index contributed by atoms with van der Waals surface area (Å²) in [5.41, 5.74) is 0. The Hall–Kier alpha value is -1.29. The molecular formula is C8H10ClN3O. The largest absolute Gasteiger partial charge is 0.350 e. The number of hydrogen-bond acceptors (Lipinski definition) is 2. The van der Waals surface area contributed by atoms with Gasteiger partial charge in [-0.3, -0.25) is 9.48 Å². The molecule has 1 rings (SSSR count). The number of hydrogen-bond donors (Lipinski definition) is 1. The summed E-state index contributed by atoms with van der Waals surface area (Å²) < 4.78 is 1.53. The minimum atomic E-state index is -0.134. The van der Waals surface area contributed by atoms with Crippen LogP contribution in [-0.4, -0.2) is 22.2 Å². The van der Waals surface area contributed by atoms with Crippen molar-refractivity contribution in [2.45, 2.75) is 6.54 Å². The first-order chi connectivity index (χ1) is 6.18. The van der Waals surface area contributed by atoms with Crippen LogP contribution in [0.3, 0.4) is 0 Å². The number of aromatic nitrogens is 2. The van der Waals surface area contributed by atoms with Crippen molar-refractivity contribution in [2.75, 3.05) is 6.54 Å². The van der Waals surface area contributed by atoms with Gasteiger partial charge in [-0.2, -0.15) is 5.10 Å². The smallest absolute Gasteiger partial charge is 0.242 e. The van der Waals surface area contributed by atoms with Crippen molar-refractivity contribution in [3.05, 3.63) is 30.1 Å². The number of rotatable bonds is 4. The van der Waals surface area contributed by atoms with Gasteiger partial charge < -0.3 is 5.32 Å². The lowest BCUT2D eigenvalue weighted by molar-refractivity contribution is -0.121. The van der Waals surface area contributed by atoms with E-state index in [-0.39, 0.29) is 12.5 Å². The van der Waals surface area contributed by atoms with E-state index in [1.807, 2.05) is 0 Å². The highest BCUT2D eigenvalue weighted by Gasteiger charge is 2.01. The van der Waals surface area contributed by atoms with Crippen LogP contribution < -0.4 is 5.32 Å². The molecule has 0 saturated carbocycles. The number of halogens is 1. The van der Waals surface area contributed by atoms with Crippen molar-refractivity contribution < 1.29 is 4.79 Å². The summed E-state index contributed by atoms with van der Waals surface area (Å²) in [6, 6.07) is 1.76. The molecule has 0 aliphatic carbocycles. The molecule has 0 aliphatic rings. The lowest BCUT2D eigenvalue weighted by atomic mass is 10.5. The Bertz CT molecular complexity index is 294. The zero-order valence-electron chi connectivity index (χ0n) is 7.03. The zero-order chi connectivity index (χ0) is 9.68. The van der Waals surface area contributed by atoms with Crippen LogP contribution in [0.25, 0.3) is 0 Å². The normalized spacial score (nSPS) is 9.62. The molecule has 1 N–H and O–H groups in total. The highest BCUT2D eigenvalue weighted by atomic mass is 35.5. The van der Waals surface area contributed by atoms with E-state index in [1.54, 1.807) is 18.5 Å². The first kappa shape index (κ1) is 9.80. The SMILES string of the molecule is C=C(Cl)CNC(=O)Cn1cccn1. The van der Waals surface area contributed by atoms with Crippen LogP contribution in [-0.2, 0) is 11.3 Å². The summed E-state index contributed by atoms with van der Waals surface area (Å²) >= 11 is 5.47. The highest BCUT2D eigenvalue weighted by molar-refractivity contribution is 6.29. The van der Waals surface area contributed by atoms with Gasteiger partial charge in [0, 0.05) is 17.4 Å². The van der Waals surface area contributed by atoms with Crippen LogP contribution in [0.15, 0.2) is 30.1 Å². The lowest BCUT2D eigenvalue weighted by Gasteiger charge is -2.03. The van der Waals surface area contributed by atoms with Crippen molar-refractivity contribution in [1.82, 2.24) is 15.1 Å². The fourth-order valence-electron chi connectivity index (χ4n) is 0.792. The third kappa shape index (κ3) is 3.75. The second-order valence-corrected chi connectivity index (χ2v) is 3.03. The van der Waals surface area contributed by atoms with Crippen LogP contribution in [0.5, 0.6) is 0 Å². The minimum Gasteiger partial charge on any atom is -0.350 e. The molecule has 0 atom stereocenters. The first-order valence-electron chi connectivity index (χ1n) is 3.76. The Kier molecular flexibility index (Phi) is 3.52. The predicted molar refractivity (Wildman–Crippen MR) is 50.2 cm³/mol. The third-order valence-corrected chi connectivity index (χ3v) is 1.48. The summed E-state index contributed by atoms with van der Waals surface area (Å²) in [7, 11) is 0. The van der Waals surface area contributed by atoms with Crippen LogP contribution >= 0.6 is 11.6 Å². The number of nitrogens with zero attached hydrogens (tertiary/aromatic N) is 2. The van der Waals surface area contributed by atoms with E-state index in [4.69, 9.17) is 11.6 Å². The molecule has 13 heavy (non-hydrogen) atoms. The lowest BCUT2D eigenvalue weighted by Crippen LogP contribution is -2.28. The molecule has 70 valence electrons. The molecule has 0 fully saturated rings. The maximum absolute atomic E-state index is 11.1. The molecule has 5 heteroatoms. The fourth-order valence-corrected chi connectivity index (χ4v) is 0.858. The Morgan fingerprint density at radius 2 is 2.46 bits per heavy atom. The molecule has 0 spiro atoms. The van der Waals surface area contributed by atoms with E-state index in [1.165, 1.54) is 4.68 Å². The summed E-state index contributed by atoms with van der Waals surface area (Å²) in [6.07, 6.45) is 3.34. The number of nitrogens with one attached hydrogen (secondary N) is 1. The number of carbonyl (C=O) groups excluding carboxylic acids is 1. The Labute approximate surface area is 81.2 Å². The quantitative estimate of drug-likeness (QED) is 0.778. The second kappa shape index (κ2) is 4.67. The van der Waals surface area contributed by atoms with Gasteiger partial charge in [0.15, 0.2) is 0 Å². The molecule has 0 aromatic carbocycles. The van der Waals surface area contributed by atoms with E-state index < -0.39 is 0 Å². The second-order valence-electron chi connectivity index (χ2n) is 2.50. The van der Waals surface area contributed by atoms with E-state index in [0.717, 1.165) is 0 Å². The van der Waals surface area contributed by atoms with Crippen molar-refractivity contribution >= 4 is 17.5 Å². The van der Waals surface area contributed by atoms with Gasteiger partial charge in [0.1, 0.15) is 6.54 Å². The van der Waals surface area contributed by atoms with Gasteiger partial charge in [0.25, 0.3) is 0 Å². The van der Waals surface area contributed by atoms with Crippen LogP contribution in [0, 0.1) is 0 Å². The van der Waals surface area contributed by atoms with Crippen LogP contribution in [0.1, 0.15) is 0 Å². The van der Waals surface area contributed by atoms with Gasteiger partial charge in [0.2, 0.25) is 5.91 Å². The third-order valence-electron chi connectivity index (χ3n) is 1.34. The average Bonchev–Trinajstić information content (AvgIpc) is 2.53. The van der Waals surface area contributed by atoms with Gasteiger partial charge in [-0.05, 0) is 6.07 Å². The predicted octanol–water partition coefficient (Wildman–Crippen LogP) is 0.752. The van der Waals surface area contributed by atoms with Gasteiger partial charge in [-0.25, -0.2) is 0 Å². The molecule has 4 nitrogen and oxygen atoms in total. The maximum Gasteiger partial charge on any atom is 0.242 e. The van der Waals surface area contributed by atoms with Gasteiger partial charge >= 0.3 is 0 Å². The zero-order valence-corrected chi connectivity index (χ0v) is 7.79. The average molecular weight is 200 g/mol. The van der Waals surface area contributed by atoms with Crippen LogP contribution in [0.2, 0.25) is 0 Å². The molecule has 0 aliphatic heterocycles. The summed E-state index contributed by atoms with van der Waals surface area (Å²) in [5.74, 6) is -0.134. The molecule has 0 bridgehead atoms. The fraction of sp³-hybridized carbons (Fsp3) is 0.250. The molecule has 0 unspecified atom stereocenters. The van der Waals surface area contributed by atoms with E-state index in [2.05, 4.69) is 17.0 Å². The van der Waals surface area contributed by atoms with Crippen LogP contribution in [0.4, 0.5) is 0 Å². The summed E-state index contributed by atoms with van der Waals surface area (Å²) in [4.78, 5) is 11.1. The van der Waals surface area contributed by atoms with Crippen molar-refractivity contribution in [3.63, 3.8) is 0 Å². The minimum absolute atomic E-state index is 0.134. The topological polar surface area (TPSA) is 46.9 Å². The van der Waals surface area contributed by atoms with E-state index in [0.29, 0.717) is 11.6 Å². The first-order valence-corrected chi connectivity index (χ1v) is 4.13. The molecule has 1 aromatic rings. The van der Waals surface area contributed by atoms with Gasteiger partial charge in [-0.15, -0.1) is 0 Å². The Morgan fingerprint density at radius 3 is 3.00 bits per heavy atom. The highest BCUT2D eigenvalue weighted by Crippen LogP contribution is 1.92. The van der Waals surface area contributed by atoms with Gasteiger partial charge in [0.05, 0.1) is 6.54 Å². The van der Waals surface area contributed by atoms with Crippen molar-refractivity contribution in [3.8, 4) is 0 Å².